The highest BCUT2D eigenvalue weighted by Gasteiger charge is 2.33. The van der Waals surface area contributed by atoms with Crippen LogP contribution in [0.3, 0.4) is 0 Å². The van der Waals surface area contributed by atoms with E-state index in [9.17, 15) is 19.8 Å². The first-order valence-electron chi connectivity index (χ1n) is 10.2. The predicted octanol–water partition coefficient (Wildman–Crippen LogP) is 3.41. The number of carboxylic acids is 1. The summed E-state index contributed by atoms with van der Waals surface area (Å²) in [6, 6.07) is 13.9. The van der Waals surface area contributed by atoms with Gasteiger partial charge in [-0.15, -0.1) is 0 Å². The van der Waals surface area contributed by atoms with Crippen LogP contribution in [-0.4, -0.2) is 41.9 Å². The standard InChI is InChI=1S/C24H23NO7S/c1-3-30-18-12-15(10-11-17(18)32-14-20(26)27)13-19-22(28)21(24(29)31-4-2)23(33-19)25-16-8-6-5-7-9-16/h5-13,28H,3-4,14H2,1-2H3,(H,26,27)/p-1/b19-13-,25-23?. The number of esters is 1. The fourth-order valence-corrected chi connectivity index (χ4v) is 3.94. The van der Waals surface area contributed by atoms with Gasteiger partial charge in [-0.05, 0) is 49.8 Å². The summed E-state index contributed by atoms with van der Waals surface area (Å²) in [6.07, 6.45) is 1.66. The number of thioether (sulfide) groups is 1. The van der Waals surface area contributed by atoms with Crippen LogP contribution >= 0.6 is 11.8 Å². The third-order valence-electron chi connectivity index (χ3n) is 4.27. The molecule has 0 amide bonds. The number of ether oxygens (including phenoxy) is 3. The molecule has 2 aromatic rings. The van der Waals surface area contributed by atoms with Gasteiger partial charge in [0.05, 0.1) is 29.8 Å². The molecule has 1 heterocycles. The summed E-state index contributed by atoms with van der Waals surface area (Å²) in [5, 5.41) is 21.8. The van der Waals surface area contributed by atoms with E-state index < -0.39 is 18.5 Å². The van der Waals surface area contributed by atoms with Crippen molar-refractivity contribution in [1.82, 2.24) is 0 Å². The van der Waals surface area contributed by atoms with Gasteiger partial charge in [0.1, 0.15) is 23.0 Å². The number of benzene rings is 2. The number of carboxylic acid groups (broad SMARTS) is 1. The Kier molecular flexibility index (Phi) is 8.15. The monoisotopic (exact) mass is 468 g/mol. The maximum atomic E-state index is 12.5. The van der Waals surface area contributed by atoms with Crippen LogP contribution < -0.4 is 14.6 Å². The lowest BCUT2D eigenvalue weighted by Gasteiger charge is -2.13. The zero-order valence-electron chi connectivity index (χ0n) is 18.1. The van der Waals surface area contributed by atoms with E-state index in [1.54, 1.807) is 50.3 Å². The summed E-state index contributed by atoms with van der Waals surface area (Å²) in [4.78, 5) is 28.1. The maximum Gasteiger partial charge on any atom is 0.344 e. The Labute approximate surface area is 195 Å². The van der Waals surface area contributed by atoms with E-state index in [0.717, 1.165) is 11.8 Å². The Bertz CT molecular complexity index is 1120. The van der Waals surface area contributed by atoms with Crippen molar-refractivity contribution >= 4 is 40.5 Å². The number of aliphatic hydroxyl groups excluding tert-OH is 1. The molecule has 3 rings (SSSR count). The average Bonchev–Trinajstić information content (AvgIpc) is 3.08. The first kappa shape index (κ1) is 23.9. The Morgan fingerprint density at radius 3 is 2.48 bits per heavy atom. The van der Waals surface area contributed by atoms with Gasteiger partial charge in [0.2, 0.25) is 0 Å². The molecule has 1 aliphatic heterocycles. The van der Waals surface area contributed by atoms with Crippen molar-refractivity contribution < 1.29 is 34.0 Å². The molecule has 0 spiro atoms. The van der Waals surface area contributed by atoms with Crippen molar-refractivity contribution in [3.05, 3.63) is 70.3 Å². The van der Waals surface area contributed by atoms with Crippen molar-refractivity contribution in [1.29, 1.82) is 0 Å². The molecule has 0 aromatic heterocycles. The number of hydrogen-bond acceptors (Lipinski definition) is 9. The molecule has 2 aromatic carbocycles. The van der Waals surface area contributed by atoms with E-state index in [4.69, 9.17) is 14.2 Å². The molecule has 1 aliphatic rings. The molecule has 0 unspecified atom stereocenters. The quantitative estimate of drug-likeness (QED) is 0.557. The van der Waals surface area contributed by atoms with Gasteiger partial charge < -0.3 is 29.2 Å². The first-order valence-corrected chi connectivity index (χ1v) is 11.0. The predicted molar refractivity (Wildman–Crippen MR) is 124 cm³/mol. The lowest BCUT2D eigenvalue weighted by molar-refractivity contribution is -0.307. The van der Waals surface area contributed by atoms with Crippen molar-refractivity contribution in [2.24, 2.45) is 4.99 Å². The number of carbonyl (C=O) groups excluding carboxylic acids is 2. The van der Waals surface area contributed by atoms with Crippen LogP contribution in [0.25, 0.3) is 6.08 Å². The van der Waals surface area contributed by atoms with Crippen LogP contribution in [0, 0.1) is 0 Å². The molecule has 0 saturated heterocycles. The maximum absolute atomic E-state index is 12.5. The summed E-state index contributed by atoms with van der Waals surface area (Å²) in [6.45, 7) is 3.35. The number of para-hydroxylation sites is 1. The van der Waals surface area contributed by atoms with Gasteiger partial charge in [-0.3, -0.25) is 0 Å². The van der Waals surface area contributed by atoms with E-state index in [-0.39, 0.29) is 23.7 Å². The van der Waals surface area contributed by atoms with Crippen LogP contribution in [0.15, 0.2) is 69.8 Å². The van der Waals surface area contributed by atoms with E-state index in [0.29, 0.717) is 33.6 Å². The normalized spacial score (nSPS) is 15.7. The third-order valence-corrected chi connectivity index (χ3v) is 5.29. The van der Waals surface area contributed by atoms with Gasteiger partial charge >= 0.3 is 5.97 Å². The van der Waals surface area contributed by atoms with Crippen LogP contribution in [0.4, 0.5) is 5.69 Å². The Balaban J connectivity index is 1.98. The molecule has 33 heavy (non-hydrogen) atoms. The Morgan fingerprint density at radius 1 is 1.06 bits per heavy atom. The highest BCUT2D eigenvalue weighted by atomic mass is 32.2. The highest BCUT2D eigenvalue weighted by Crippen LogP contribution is 2.41. The SMILES string of the molecule is CCOC(=O)C1=C(O)/C(=C/c2ccc(OCC(=O)[O-])c(OCC)c2)SC1=Nc1ccccc1. The first-order chi connectivity index (χ1) is 15.9. The number of carbonyl (C=O) groups is 2. The highest BCUT2D eigenvalue weighted by molar-refractivity contribution is 8.18. The average molecular weight is 469 g/mol. The van der Waals surface area contributed by atoms with Crippen molar-refractivity contribution in [2.75, 3.05) is 19.8 Å². The van der Waals surface area contributed by atoms with Crippen molar-refractivity contribution in [3.8, 4) is 11.5 Å². The molecule has 0 saturated carbocycles. The fourth-order valence-electron chi connectivity index (χ4n) is 2.90. The van der Waals surface area contributed by atoms with Gasteiger partial charge in [0.15, 0.2) is 11.5 Å². The van der Waals surface area contributed by atoms with Gasteiger partial charge in [0, 0.05) is 0 Å². The number of aliphatic imine (C=N–C) groups is 1. The zero-order chi connectivity index (χ0) is 23.8. The fraction of sp³-hybridized carbons (Fsp3) is 0.208. The Hall–Kier alpha value is -3.72. The van der Waals surface area contributed by atoms with Gasteiger partial charge in [-0.25, -0.2) is 9.79 Å². The largest absolute Gasteiger partial charge is 0.546 e. The number of rotatable bonds is 9. The van der Waals surface area contributed by atoms with Crippen molar-refractivity contribution in [2.45, 2.75) is 13.8 Å². The second-order valence-electron chi connectivity index (χ2n) is 6.61. The summed E-state index contributed by atoms with van der Waals surface area (Å²) >= 11 is 1.14. The Morgan fingerprint density at radius 2 is 1.82 bits per heavy atom. The number of nitrogens with zero attached hydrogens (tertiary/aromatic N) is 1. The van der Waals surface area contributed by atoms with Crippen LogP contribution in [0.1, 0.15) is 19.4 Å². The van der Waals surface area contributed by atoms with Crippen molar-refractivity contribution in [3.63, 3.8) is 0 Å². The van der Waals surface area contributed by atoms with Gasteiger partial charge in [-0.1, -0.05) is 36.0 Å². The molecule has 0 fully saturated rings. The molecule has 172 valence electrons. The zero-order valence-corrected chi connectivity index (χ0v) is 18.9. The summed E-state index contributed by atoms with van der Waals surface area (Å²) in [7, 11) is 0. The topological polar surface area (TPSA) is 117 Å². The van der Waals surface area contributed by atoms with Crippen LogP contribution in [0.5, 0.6) is 11.5 Å². The molecule has 0 bridgehead atoms. The second kappa shape index (κ2) is 11.2. The molecule has 0 radical (unpaired) electrons. The molecule has 9 heteroatoms. The van der Waals surface area contributed by atoms with Gasteiger partial charge in [-0.2, -0.15) is 0 Å². The molecule has 0 aliphatic carbocycles. The lowest BCUT2D eigenvalue weighted by atomic mass is 10.1. The van der Waals surface area contributed by atoms with Crippen LogP contribution in [0.2, 0.25) is 0 Å². The van der Waals surface area contributed by atoms with Crippen LogP contribution in [-0.2, 0) is 14.3 Å². The molecule has 8 nitrogen and oxygen atoms in total. The van der Waals surface area contributed by atoms with Gasteiger partial charge in [0.25, 0.3) is 0 Å². The summed E-state index contributed by atoms with van der Waals surface area (Å²) in [5.74, 6) is -1.66. The van der Waals surface area contributed by atoms with E-state index in [1.807, 2.05) is 18.2 Å². The summed E-state index contributed by atoms with van der Waals surface area (Å²) < 4.78 is 15.9. The lowest BCUT2D eigenvalue weighted by Crippen LogP contribution is -2.29. The molecular formula is C24H22NO7S-. The smallest absolute Gasteiger partial charge is 0.344 e. The third kappa shape index (κ3) is 6.17. The van der Waals surface area contributed by atoms with E-state index in [2.05, 4.69) is 4.99 Å². The van der Waals surface area contributed by atoms with E-state index in [1.165, 1.54) is 0 Å². The number of hydrogen-bond donors (Lipinski definition) is 1. The number of aliphatic carboxylic acids is 1. The minimum absolute atomic E-state index is 0.00380. The molecular weight excluding hydrogens is 446 g/mol. The minimum Gasteiger partial charge on any atom is -0.546 e. The van der Waals surface area contributed by atoms with E-state index >= 15 is 0 Å². The minimum atomic E-state index is -1.35. The summed E-state index contributed by atoms with van der Waals surface area (Å²) in [5.41, 5.74) is 1.26. The number of aliphatic hydroxyl groups is 1. The molecule has 0 atom stereocenters. The molecule has 1 N–H and O–H groups in total. The second-order valence-corrected chi connectivity index (χ2v) is 7.64.